The molecule has 0 N–H and O–H groups in total. The van der Waals surface area contributed by atoms with E-state index in [9.17, 15) is 9.59 Å². The summed E-state index contributed by atoms with van der Waals surface area (Å²) in [7, 11) is 0. The van der Waals surface area contributed by atoms with Gasteiger partial charge in [-0.3, -0.25) is 14.2 Å². The highest BCUT2D eigenvalue weighted by Crippen LogP contribution is 2.33. The van der Waals surface area contributed by atoms with Crippen LogP contribution in [0.2, 0.25) is 0 Å². The van der Waals surface area contributed by atoms with Crippen LogP contribution in [0.4, 0.5) is 0 Å². The smallest absolute Gasteiger partial charge is 0.254 e. The van der Waals surface area contributed by atoms with Crippen LogP contribution >= 0.6 is 11.8 Å². The molecular formula is C15H21N3O3S. The number of carbonyl (C=O) groups excluding carboxylic acids is 1. The first kappa shape index (κ1) is 15.6. The molecule has 6 nitrogen and oxygen atoms in total. The van der Waals surface area contributed by atoms with Crippen LogP contribution in [0.25, 0.3) is 0 Å². The molecule has 3 heterocycles. The summed E-state index contributed by atoms with van der Waals surface area (Å²) in [6.45, 7) is 6.54. The lowest BCUT2D eigenvalue weighted by Crippen LogP contribution is -2.42. The molecule has 2 aliphatic rings. The second-order valence-corrected chi connectivity index (χ2v) is 6.98. The van der Waals surface area contributed by atoms with Crippen molar-refractivity contribution < 1.29 is 9.53 Å². The van der Waals surface area contributed by atoms with Crippen LogP contribution in [-0.2, 0) is 9.53 Å². The van der Waals surface area contributed by atoms with Crippen molar-refractivity contribution >= 4 is 17.7 Å². The Bertz CT molecular complexity index is 623. The third kappa shape index (κ3) is 3.05. The van der Waals surface area contributed by atoms with Crippen LogP contribution in [0.3, 0.4) is 0 Å². The zero-order valence-corrected chi connectivity index (χ0v) is 13.8. The maximum atomic E-state index is 12.4. The minimum absolute atomic E-state index is 0.0431. The van der Waals surface area contributed by atoms with E-state index < -0.39 is 0 Å². The van der Waals surface area contributed by atoms with Gasteiger partial charge in [0.05, 0.1) is 24.9 Å². The van der Waals surface area contributed by atoms with Crippen LogP contribution in [0.1, 0.15) is 37.9 Å². The van der Waals surface area contributed by atoms with E-state index in [-0.39, 0.29) is 23.4 Å². The van der Waals surface area contributed by atoms with Crippen LogP contribution in [-0.4, -0.2) is 52.4 Å². The lowest BCUT2D eigenvalue weighted by atomic mass is 10.1. The number of hydrogen-bond donors (Lipinski definition) is 0. The Morgan fingerprint density at radius 1 is 1.45 bits per heavy atom. The summed E-state index contributed by atoms with van der Waals surface area (Å²) in [5, 5.41) is 0.746. The van der Waals surface area contributed by atoms with Crippen molar-refractivity contribution in [3.05, 3.63) is 22.1 Å². The van der Waals surface area contributed by atoms with Gasteiger partial charge < -0.3 is 9.64 Å². The maximum absolute atomic E-state index is 12.4. The van der Waals surface area contributed by atoms with Crippen molar-refractivity contribution in [2.75, 3.05) is 32.1 Å². The minimum Gasteiger partial charge on any atom is -0.378 e. The van der Waals surface area contributed by atoms with Crippen LogP contribution in [0.15, 0.2) is 16.0 Å². The Morgan fingerprint density at radius 3 is 2.86 bits per heavy atom. The Hall–Kier alpha value is -1.34. The quantitative estimate of drug-likeness (QED) is 0.784. The molecule has 1 aromatic heterocycles. The molecule has 0 spiro atoms. The van der Waals surface area contributed by atoms with Gasteiger partial charge in [-0.15, -0.1) is 0 Å². The summed E-state index contributed by atoms with van der Waals surface area (Å²) in [5.74, 6) is 1.06. The third-order valence-electron chi connectivity index (χ3n) is 4.08. The standard InChI is InChI=1S/C15H21N3O3S/c1-10(2)12-8-14(20)18-11(9-22-15(18)16-12)7-13(19)17-3-5-21-6-4-17/h8,10-11H,3-7,9H2,1-2H3. The summed E-state index contributed by atoms with van der Waals surface area (Å²) in [4.78, 5) is 31.1. The lowest BCUT2D eigenvalue weighted by Gasteiger charge is -2.28. The molecule has 0 aliphatic carbocycles. The second kappa shape index (κ2) is 6.42. The van der Waals surface area contributed by atoms with Gasteiger partial charge in [0.15, 0.2) is 5.16 Å². The predicted molar refractivity (Wildman–Crippen MR) is 84.4 cm³/mol. The summed E-state index contributed by atoms with van der Waals surface area (Å²) < 4.78 is 6.96. The summed E-state index contributed by atoms with van der Waals surface area (Å²) in [6, 6.07) is 1.52. The average molecular weight is 323 g/mol. The van der Waals surface area contributed by atoms with Crippen molar-refractivity contribution in [1.82, 2.24) is 14.5 Å². The van der Waals surface area contributed by atoms with Gasteiger partial charge in [0.2, 0.25) is 5.91 Å². The fourth-order valence-corrected chi connectivity index (χ4v) is 3.92. The lowest BCUT2D eigenvalue weighted by molar-refractivity contribution is -0.136. The number of fused-ring (bicyclic) bond motifs is 1. The molecule has 1 atom stereocenters. The van der Waals surface area contributed by atoms with Crippen molar-refractivity contribution in [3.8, 4) is 0 Å². The van der Waals surface area contributed by atoms with Crippen molar-refractivity contribution in [2.24, 2.45) is 0 Å². The average Bonchev–Trinajstić information content (AvgIpc) is 2.91. The van der Waals surface area contributed by atoms with Crippen molar-refractivity contribution in [2.45, 2.75) is 37.4 Å². The Balaban J connectivity index is 1.76. The zero-order valence-electron chi connectivity index (χ0n) is 12.9. The van der Waals surface area contributed by atoms with E-state index in [0.29, 0.717) is 32.7 Å². The molecule has 1 fully saturated rings. The van der Waals surface area contributed by atoms with Crippen LogP contribution in [0, 0.1) is 0 Å². The van der Waals surface area contributed by atoms with E-state index in [4.69, 9.17) is 4.74 Å². The Kier molecular flexibility index (Phi) is 4.54. The summed E-state index contributed by atoms with van der Waals surface area (Å²) in [5.41, 5.74) is 0.780. The van der Waals surface area contributed by atoms with Gasteiger partial charge in [-0.25, -0.2) is 4.98 Å². The Labute approximate surface area is 133 Å². The van der Waals surface area contributed by atoms with Crippen molar-refractivity contribution in [1.29, 1.82) is 0 Å². The molecule has 0 saturated carbocycles. The van der Waals surface area contributed by atoms with Gasteiger partial charge >= 0.3 is 0 Å². The van der Waals surface area contributed by atoms with E-state index in [0.717, 1.165) is 16.6 Å². The van der Waals surface area contributed by atoms with Gasteiger partial charge in [0.25, 0.3) is 5.56 Å². The molecule has 22 heavy (non-hydrogen) atoms. The SMILES string of the molecule is CC(C)c1cc(=O)n2c(n1)SCC2CC(=O)N1CCOCC1. The topological polar surface area (TPSA) is 64.4 Å². The number of carbonyl (C=O) groups is 1. The first-order valence-electron chi connectivity index (χ1n) is 7.68. The Morgan fingerprint density at radius 2 is 2.18 bits per heavy atom. The second-order valence-electron chi connectivity index (χ2n) is 5.99. The molecule has 1 aromatic rings. The van der Waals surface area contributed by atoms with Gasteiger partial charge in [-0.05, 0) is 5.92 Å². The molecule has 120 valence electrons. The fraction of sp³-hybridized carbons (Fsp3) is 0.667. The summed E-state index contributed by atoms with van der Waals surface area (Å²) in [6.07, 6.45) is 0.364. The number of thioether (sulfide) groups is 1. The van der Waals surface area contributed by atoms with Gasteiger partial charge in [0, 0.05) is 31.3 Å². The highest BCUT2D eigenvalue weighted by atomic mass is 32.2. The fourth-order valence-electron chi connectivity index (χ4n) is 2.76. The minimum atomic E-state index is -0.0865. The zero-order chi connectivity index (χ0) is 15.7. The van der Waals surface area contributed by atoms with E-state index >= 15 is 0 Å². The molecule has 1 unspecified atom stereocenters. The first-order valence-corrected chi connectivity index (χ1v) is 8.66. The molecule has 1 saturated heterocycles. The molecule has 2 aliphatic heterocycles. The first-order chi connectivity index (χ1) is 10.6. The highest BCUT2D eigenvalue weighted by molar-refractivity contribution is 7.99. The van der Waals surface area contributed by atoms with Crippen molar-refractivity contribution in [3.63, 3.8) is 0 Å². The predicted octanol–water partition coefficient (Wildman–Crippen LogP) is 1.26. The highest BCUT2D eigenvalue weighted by Gasteiger charge is 2.30. The third-order valence-corrected chi connectivity index (χ3v) is 5.17. The van der Waals surface area contributed by atoms with Crippen LogP contribution < -0.4 is 5.56 Å². The van der Waals surface area contributed by atoms with E-state index in [2.05, 4.69) is 4.98 Å². The number of morpholine rings is 1. The monoisotopic (exact) mass is 323 g/mol. The molecule has 0 aromatic carbocycles. The van der Waals surface area contributed by atoms with Crippen LogP contribution in [0.5, 0.6) is 0 Å². The summed E-state index contributed by atoms with van der Waals surface area (Å²) >= 11 is 1.57. The molecular weight excluding hydrogens is 302 g/mol. The van der Waals surface area contributed by atoms with Gasteiger partial charge in [0.1, 0.15) is 0 Å². The number of ether oxygens (including phenoxy) is 1. The van der Waals surface area contributed by atoms with Gasteiger partial charge in [-0.2, -0.15) is 0 Å². The molecule has 0 bridgehead atoms. The van der Waals surface area contributed by atoms with E-state index in [1.165, 1.54) is 0 Å². The molecule has 3 rings (SSSR count). The molecule has 0 radical (unpaired) electrons. The maximum Gasteiger partial charge on any atom is 0.254 e. The van der Waals surface area contributed by atoms with E-state index in [1.807, 2.05) is 18.7 Å². The van der Waals surface area contributed by atoms with Gasteiger partial charge in [-0.1, -0.05) is 25.6 Å². The number of aromatic nitrogens is 2. The molecule has 7 heteroatoms. The number of hydrogen-bond acceptors (Lipinski definition) is 5. The largest absolute Gasteiger partial charge is 0.378 e. The van der Waals surface area contributed by atoms with E-state index in [1.54, 1.807) is 22.4 Å². The molecule has 1 amide bonds. The normalized spacial score (nSPS) is 21.2. The number of amides is 1. The number of nitrogens with zero attached hydrogens (tertiary/aromatic N) is 3. The number of rotatable bonds is 3.